The average molecular weight is 532 g/mol. The van der Waals surface area contributed by atoms with Gasteiger partial charge in [0.15, 0.2) is 0 Å². The molecule has 0 fully saturated rings. The van der Waals surface area contributed by atoms with Crippen LogP contribution in [0.3, 0.4) is 0 Å². The second-order valence-corrected chi connectivity index (χ2v) is 8.12. The molecule has 4 N–H and O–H groups in total. The fraction of sp³-hybridized carbons (Fsp3) is 0.130. The number of hydroxylamine groups is 1. The molecule has 0 saturated carbocycles. The minimum atomic E-state index is -0.882. The van der Waals surface area contributed by atoms with Crippen molar-refractivity contribution in [2.24, 2.45) is 5.92 Å². The Balaban J connectivity index is 1.88. The van der Waals surface area contributed by atoms with Crippen molar-refractivity contribution in [2.75, 3.05) is 5.32 Å². The zero-order valence-electron chi connectivity index (χ0n) is 16.6. The minimum Gasteiger partial charge on any atom is -0.508 e. The maximum Gasteiger partial charge on any atom is 0.412 e. The largest absolute Gasteiger partial charge is 0.508 e. The van der Waals surface area contributed by atoms with E-state index in [9.17, 15) is 14.7 Å². The standard InChI is InChI=1S/C23H21IN2O5/c1-14(9-12-21(28)26-30)22(18-13-16(24)10-11-20(18)27)31-23(29)25-19-8-4-6-15-5-2-3-7-17(15)19/h2-14,22,27,30H,1H3,(H,25,29)(H,26,28)/b12-9+/t14-,22+/m1/s1. The zero-order valence-corrected chi connectivity index (χ0v) is 18.7. The number of anilines is 1. The van der Waals surface area contributed by atoms with Crippen LogP contribution in [0.2, 0.25) is 0 Å². The smallest absolute Gasteiger partial charge is 0.412 e. The van der Waals surface area contributed by atoms with Crippen molar-refractivity contribution < 1.29 is 24.6 Å². The first kappa shape index (κ1) is 22.6. The van der Waals surface area contributed by atoms with Crippen LogP contribution in [0.4, 0.5) is 10.5 Å². The number of nitrogens with one attached hydrogen (secondary N) is 2. The third-order valence-corrected chi connectivity index (χ3v) is 5.37. The number of phenols is 1. The maximum absolute atomic E-state index is 12.8. The van der Waals surface area contributed by atoms with Crippen LogP contribution in [-0.2, 0) is 9.53 Å². The van der Waals surface area contributed by atoms with E-state index in [-0.39, 0.29) is 5.75 Å². The van der Waals surface area contributed by atoms with E-state index in [1.165, 1.54) is 17.6 Å². The highest BCUT2D eigenvalue weighted by Gasteiger charge is 2.25. The van der Waals surface area contributed by atoms with Gasteiger partial charge in [0.25, 0.3) is 5.91 Å². The van der Waals surface area contributed by atoms with Gasteiger partial charge in [0, 0.05) is 26.5 Å². The van der Waals surface area contributed by atoms with Gasteiger partial charge >= 0.3 is 6.09 Å². The molecule has 7 nitrogen and oxygen atoms in total. The molecule has 0 unspecified atom stereocenters. The molecular weight excluding hydrogens is 511 g/mol. The first-order chi connectivity index (χ1) is 14.9. The summed E-state index contributed by atoms with van der Waals surface area (Å²) in [5.41, 5.74) is 2.51. The summed E-state index contributed by atoms with van der Waals surface area (Å²) in [5, 5.41) is 23.7. The van der Waals surface area contributed by atoms with Crippen molar-refractivity contribution in [2.45, 2.75) is 13.0 Å². The fourth-order valence-corrected chi connectivity index (χ4v) is 3.69. The summed E-state index contributed by atoms with van der Waals surface area (Å²) in [6.45, 7) is 1.73. The van der Waals surface area contributed by atoms with Gasteiger partial charge in [0.1, 0.15) is 11.9 Å². The van der Waals surface area contributed by atoms with E-state index in [0.717, 1.165) is 20.4 Å². The van der Waals surface area contributed by atoms with E-state index < -0.39 is 24.0 Å². The van der Waals surface area contributed by atoms with E-state index >= 15 is 0 Å². The molecule has 0 spiro atoms. The predicted octanol–water partition coefficient (Wildman–Crippen LogP) is 5.14. The molecule has 0 aliphatic rings. The lowest BCUT2D eigenvalue weighted by Crippen LogP contribution is -2.22. The molecule has 2 atom stereocenters. The van der Waals surface area contributed by atoms with Gasteiger partial charge < -0.3 is 9.84 Å². The summed E-state index contributed by atoms with van der Waals surface area (Å²) in [6, 6.07) is 18.1. The highest BCUT2D eigenvalue weighted by Crippen LogP contribution is 2.35. The number of amides is 2. The van der Waals surface area contributed by atoms with Crippen LogP contribution < -0.4 is 10.8 Å². The van der Waals surface area contributed by atoms with E-state index in [1.807, 2.05) is 36.4 Å². The quantitative estimate of drug-likeness (QED) is 0.152. The van der Waals surface area contributed by atoms with Gasteiger partial charge in [-0.05, 0) is 52.2 Å². The molecule has 3 aromatic carbocycles. The Bertz CT molecular complexity index is 1130. The summed E-state index contributed by atoms with van der Waals surface area (Å²) in [6.07, 6.45) is 1.04. The third kappa shape index (κ3) is 5.74. The molecule has 3 rings (SSSR count). The van der Waals surface area contributed by atoms with Crippen LogP contribution in [0, 0.1) is 9.49 Å². The van der Waals surface area contributed by atoms with Gasteiger partial charge in [-0.1, -0.05) is 49.4 Å². The Hall–Kier alpha value is -3.11. The average Bonchev–Trinajstić information content (AvgIpc) is 2.77. The Morgan fingerprint density at radius 2 is 1.84 bits per heavy atom. The van der Waals surface area contributed by atoms with Gasteiger partial charge in [-0.2, -0.15) is 0 Å². The van der Waals surface area contributed by atoms with Crippen molar-refractivity contribution in [1.82, 2.24) is 5.48 Å². The van der Waals surface area contributed by atoms with Crippen LogP contribution in [0.15, 0.2) is 72.8 Å². The lowest BCUT2D eigenvalue weighted by atomic mass is 9.96. The molecule has 160 valence electrons. The van der Waals surface area contributed by atoms with Crippen LogP contribution in [0.5, 0.6) is 5.75 Å². The zero-order chi connectivity index (χ0) is 22.4. The molecule has 2 amide bonds. The Morgan fingerprint density at radius 1 is 1.10 bits per heavy atom. The Morgan fingerprint density at radius 3 is 2.61 bits per heavy atom. The minimum absolute atomic E-state index is 0.0322. The van der Waals surface area contributed by atoms with Crippen molar-refractivity contribution in [3.8, 4) is 5.75 Å². The first-order valence-corrected chi connectivity index (χ1v) is 10.5. The number of rotatable bonds is 6. The molecular formula is C23H21IN2O5. The first-order valence-electron chi connectivity index (χ1n) is 9.45. The van der Waals surface area contributed by atoms with Crippen molar-refractivity contribution in [3.05, 3.63) is 81.9 Å². The number of ether oxygens (including phenoxy) is 1. The summed E-state index contributed by atoms with van der Waals surface area (Å²) in [4.78, 5) is 24.1. The highest BCUT2D eigenvalue weighted by atomic mass is 127. The van der Waals surface area contributed by atoms with Crippen LogP contribution in [-0.4, -0.2) is 22.3 Å². The number of fused-ring (bicyclic) bond motifs is 1. The maximum atomic E-state index is 12.8. The molecule has 0 bridgehead atoms. The van der Waals surface area contributed by atoms with Gasteiger partial charge in [0.05, 0.1) is 5.69 Å². The van der Waals surface area contributed by atoms with E-state index in [4.69, 9.17) is 9.94 Å². The van der Waals surface area contributed by atoms with E-state index in [1.54, 1.807) is 25.1 Å². The lowest BCUT2D eigenvalue weighted by molar-refractivity contribution is -0.124. The molecule has 0 aromatic heterocycles. The van der Waals surface area contributed by atoms with Crippen LogP contribution in [0.1, 0.15) is 18.6 Å². The summed E-state index contributed by atoms with van der Waals surface area (Å²) < 4.78 is 6.54. The molecule has 8 heteroatoms. The topological polar surface area (TPSA) is 108 Å². The van der Waals surface area contributed by atoms with Gasteiger partial charge in [-0.3, -0.25) is 15.3 Å². The van der Waals surface area contributed by atoms with Crippen molar-refractivity contribution >= 4 is 51.1 Å². The number of carbonyl (C=O) groups is 2. The Kier molecular flexibility index (Phi) is 7.48. The van der Waals surface area contributed by atoms with E-state index in [0.29, 0.717) is 11.3 Å². The van der Waals surface area contributed by atoms with E-state index in [2.05, 4.69) is 27.9 Å². The number of aromatic hydroxyl groups is 1. The number of hydrogen-bond acceptors (Lipinski definition) is 5. The van der Waals surface area contributed by atoms with Crippen molar-refractivity contribution in [1.29, 1.82) is 0 Å². The normalized spacial score (nSPS) is 13.0. The lowest BCUT2D eigenvalue weighted by Gasteiger charge is -2.24. The second kappa shape index (κ2) is 10.3. The summed E-state index contributed by atoms with van der Waals surface area (Å²) in [5.74, 6) is -1.23. The molecule has 31 heavy (non-hydrogen) atoms. The van der Waals surface area contributed by atoms with Gasteiger partial charge in [0.2, 0.25) is 0 Å². The molecule has 0 aliphatic carbocycles. The molecule has 0 radical (unpaired) electrons. The molecule has 0 aliphatic heterocycles. The molecule has 3 aromatic rings. The monoisotopic (exact) mass is 532 g/mol. The van der Waals surface area contributed by atoms with Gasteiger partial charge in [-0.25, -0.2) is 10.3 Å². The number of phenolic OH excluding ortho intramolecular Hbond substituents is 1. The number of halogens is 1. The number of carbonyl (C=O) groups excluding carboxylic acids is 2. The van der Waals surface area contributed by atoms with Gasteiger partial charge in [-0.15, -0.1) is 0 Å². The molecule has 0 saturated heterocycles. The predicted molar refractivity (Wildman–Crippen MR) is 126 cm³/mol. The second-order valence-electron chi connectivity index (χ2n) is 6.88. The number of benzene rings is 3. The van der Waals surface area contributed by atoms with Crippen LogP contribution >= 0.6 is 22.6 Å². The number of hydrogen-bond donors (Lipinski definition) is 4. The fourth-order valence-electron chi connectivity index (χ4n) is 3.17. The highest BCUT2D eigenvalue weighted by molar-refractivity contribution is 14.1. The summed E-state index contributed by atoms with van der Waals surface area (Å²) in [7, 11) is 0. The molecule has 0 heterocycles. The van der Waals surface area contributed by atoms with Crippen LogP contribution in [0.25, 0.3) is 10.8 Å². The SMILES string of the molecule is C[C@H](/C=C/C(=O)NO)[C@H](OC(=O)Nc1cccc2ccccc12)c1cc(I)ccc1O. The summed E-state index contributed by atoms with van der Waals surface area (Å²) >= 11 is 2.10. The Labute approximate surface area is 192 Å². The van der Waals surface area contributed by atoms with Crippen molar-refractivity contribution in [3.63, 3.8) is 0 Å². The third-order valence-electron chi connectivity index (χ3n) is 4.70.